The van der Waals surface area contributed by atoms with Crippen LogP contribution in [-0.2, 0) is 0 Å². The summed E-state index contributed by atoms with van der Waals surface area (Å²) in [7, 11) is 0. The fourth-order valence-corrected chi connectivity index (χ4v) is 2.95. The van der Waals surface area contributed by atoms with Gasteiger partial charge in [-0.2, -0.15) is 10.2 Å². The number of nitrogens with zero attached hydrogens (tertiary/aromatic N) is 2. The SMILES string of the molecule is c1ccc2c(c1)[nH]c1c2ccc2oc3cnncc3c21. The molecule has 3 aromatic heterocycles. The number of furan rings is 1. The molecule has 0 amide bonds. The number of nitrogens with one attached hydrogen (secondary N) is 1. The first kappa shape index (κ1) is 9.97. The summed E-state index contributed by atoms with van der Waals surface area (Å²) < 4.78 is 5.83. The van der Waals surface area contributed by atoms with Crippen LogP contribution in [0.3, 0.4) is 0 Å². The first-order chi connectivity index (χ1) is 9.92. The number of aromatic nitrogens is 3. The number of fused-ring (bicyclic) bond motifs is 7. The lowest BCUT2D eigenvalue weighted by Crippen LogP contribution is -1.76. The van der Waals surface area contributed by atoms with Crippen LogP contribution in [0, 0.1) is 0 Å². The van der Waals surface area contributed by atoms with Gasteiger partial charge in [0.2, 0.25) is 0 Å². The highest BCUT2D eigenvalue weighted by atomic mass is 16.3. The molecular formula is C16H9N3O. The zero-order chi connectivity index (χ0) is 13.1. The number of H-pyrrole nitrogens is 1. The van der Waals surface area contributed by atoms with E-state index in [1.165, 1.54) is 10.8 Å². The minimum Gasteiger partial charge on any atom is -0.454 e. The molecule has 0 unspecified atom stereocenters. The predicted octanol–water partition coefficient (Wildman–Crippen LogP) is 4.01. The Balaban J connectivity index is 2.14. The minimum atomic E-state index is 0.765. The summed E-state index contributed by atoms with van der Waals surface area (Å²) >= 11 is 0. The fraction of sp³-hybridized carbons (Fsp3) is 0. The lowest BCUT2D eigenvalue weighted by molar-refractivity contribution is 0.665. The zero-order valence-corrected chi connectivity index (χ0v) is 10.4. The average Bonchev–Trinajstić information content (AvgIpc) is 3.04. The smallest absolute Gasteiger partial charge is 0.157 e. The van der Waals surface area contributed by atoms with Crippen molar-refractivity contribution < 1.29 is 4.42 Å². The molecule has 3 heterocycles. The molecule has 0 saturated heterocycles. The van der Waals surface area contributed by atoms with Crippen LogP contribution in [0.4, 0.5) is 0 Å². The van der Waals surface area contributed by atoms with Crippen molar-refractivity contribution in [2.24, 2.45) is 0 Å². The Hall–Kier alpha value is -2.88. The van der Waals surface area contributed by atoms with Crippen molar-refractivity contribution in [2.75, 3.05) is 0 Å². The van der Waals surface area contributed by atoms with Gasteiger partial charge in [-0.25, -0.2) is 0 Å². The van der Waals surface area contributed by atoms with E-state index >= 15 is 0 Å². The van der Waals surface area contributed by atoms with Gasteiger partial charge in [0.05, 0.1) is 28.7 Å². The Morgan fingerprint density at radius 2 is 1.70 bits per heavy atom. The number of hydrogen-bond donors (Lipinski definition) is 1. The van der Waals surface area contributed by atoms with Crippen molar-refractivity contribution in [1.29, 1.82) is 0 Å². The first-order valence-corrected chi connectivity index (χ1v) is 6.44. The Labute approximate surface area is 113 Å². The van der Waals surface area contributed by atoms with Crippen LogP contribution in [0.25, 0.3) is 43.7 Å². The van der Waals surface area contributed by atoms with Gasteiger partial charge < -0.3 is 9.40 Å². The van der Waals surface area contributed by atoms with Crippen molar-refractivity contribution in [3.63, 3.8) is 0 Å². The summed E-state index contributed by atoms with van der Waals surface area (Å²) in [4.78, 5) is 3.49. The van der Waals surface area contributed by atoms with Gasteiger partial charge in [-0.3, -0.25) is 0 Å². The van der Waals surface area contributed by atoms with Crippen LogP contribution >= 0.6 is 0 Å². The van der Waals surface area contributed by atoms with Gasteiger partial charge in [-0.1, -0.05) is 18.2 Å². The maximum absolute atomic E-state index is 5.83. The molecule has 1 N–H and O–H groups in total. The van der Waals surface area contributed by atoms with Gasteiger partial charge >= 0.3 is 0 Å². The predicted molar refractivity (Wildman–Crippen MR) is 78.7 cm³/mol. The highest BCUT2D eigenvalue weighted by molar-refractivity contribution is 6.23. The van der Waals surface area contributed by atoms with Crippen LogP contribution in [0.15, 0.2) is 53.2 Å². The third kappa shape index (κ3) is 1.11. The van der Waals surface area contributed by atoms with Crippen molar-refractivity contribution in [2.45, 2.75) is 0 Å². The zero-order valence-electron chi connectivity index (χ0n) is 10.4. The lowest BCUT2D eigenvalue weighted by atomic mass is 10.1. The molecule has 0 aliphatic rings. The standard InChI is InChI=1S/C16H9N3O/c1-2-4-12-9(3-1)10-5-6-13-15(16(10)19-12)11-7-17-18-8-14(11)20-13/h1-8,19H. The molecule has 0 radical (unpaired) electrons. The Kier molecular flexibility index (Phi) is 1.68. The Morgan fingerprint density at radius 3 is 2.70 bits per heavy atom. The summed E-state index contributed by atoms with van der Waals surface area (Å²) in [5.41, 5.74) is 3.84. The maximum atomic E-state index is 5.83. The molecule has 4 nitrogen and oxygen atoms in total. The lowest BCUT2D eigenvalue weighted by Gasteiger charge is -1.92. The van der Waals surface area contributed by atoms with Gasteiger partial charge in [0.1, 0.15) is 5.58 Å². The Bertz CT molecular complexity index is 1100. The van der Waals surface area contributed by atoms with Crippen molar-refractivity contribution in [3.8, 4) is 0 Å². The van der Waals surface area contributed by atoms with Gasteiger partial charge in [0.25, 0.3) is 0 Å². The van der Waals surface area contributed by atoms with Crippen molar-refractivity contribution >= 4 is 43.7 Å². The second-order valence-corrected chi connectivity index (χ2v) is 4.90. The van der Waals surface area contributed by atoms with E-state index in [0.717, 1.165) is 33.0 Å². The summed E-state index contributed by atoms with van der Waals surface area (Å²) in [6.07, 6.45) is 3.41. The average molecular weight is 259 g/mol. The first-order valence-electron chi connectivity index (χ1n) is 6.44. The summed E-state index contributed by atoms with van der Waals surface area (Å²) in [6, 6.07) is 12.4. The van der Waals surface area contributed by atoms with Gasteiger partial charge in [0, 0.05) is 16.3 Å². The van der Waals surface area contributed by atoms with E-state index in [1.807, 2.05) is 12.1 Å². The van der Waals surface area contributed by atoms with Crippen LogP contribution in [0.5, 0.6) is 0 Å². The highest BCUT2D eigenvalue weighted by Gasteiger charge is 2.13. The van der Waals surface area contributed by atoms with Gasteiger partial charge in [-0.15, -0.1) is 0 Å². The quantitative estimate of drug-likeness (QED) is 0.457. The molecule has 94 valence electrons. The largest absolute Gasteiger partial charge is 0.454 e. The van der Waals surface area contributed by atoms with E-state index in [4.69, 9.17) is 4.42 Å². The number of hydrogen-bond acceptors (Lipinski definition) is 3. The number of rotatable bonds is 0. The van der Waals surface area contributed by atoms with E-state index in [-0.39, 0.29) is 0 Å². The van der Waals surface area contributed by atoms with Crippen molar-refractivity contribution in [1.82, 2.24) is 15.2 Å². The minimum absolute atomic E-state index is 0.765. The third-order valence-electron chi connectivity index (χ3n) is 3.83. The number of benzene rings is 2. The van der Waals surface area contributed by atoms with Crippen LogP contribution in [0.1, 0.15) is 0 Å². The molecule has 5 aromatic rings. The summed E-state index contributed by atoms with van der Waals surface area (Å²) in [5, 5.41) is 12.3. The third-order valence-corrected chi connectivity index (χ3v) is 3.83. The van der Waals surface area contributed by atoms with Crippen LogP contribution in [-0.4, -0.2) is 15.2 Å². The molecule has 5 rings (SSSR count). The molecular weight excluding hydrogens is 250 g/mol. The van der Waals surface area contributed by atoms with E-state index in [9.17, 15) is 0 Å². The normalized spacial score (nSPS) is 12.0. The highest BCUT2D eigenvalue weighted by Crippen LogP contribution is 2.36. The molecule has 0 saturated carbocycles. The molecule has 0 bridgehead atoms. The molecule has 0 aliphatic carbocycles. The van der Waals surface area contributed by atoms with Crippen LogP contribution < -0.4 is 0 Å². The van der Waals surface area contributed by atoms with E-state index in [2.05, 4.69) is 39.4 Å². The van der Waals surface area contributed by atoms with E-state index in [1.54, 1.807) is 12.4 Å². The van der Waals surface area contributed by atoms with E-state index in [0.29, 0.717) is 0 Å². The van der Waals surface area contributed by atoms with Gasteiger partial charge in [0.15, 0.2) is 5.58 Å². The second-order valence-electron chi connectivity index (χ2n) is 4.90. The summed E-state index contributed by atoms with van der Waals surface area (Å²) in [5.74, 6) is 0. The molecule has 20 heavy (non-hydrogen) atoms. The molecule has 0 atom stereocenters. The molecule has 4 heteroatoms. The Morgan fingerprint density at radius 1 is 0.800 bits per heavy atom. The van der Waals surface area contributed by atoms with E-state index < -0.39 is 0 Å². The molecule has 0 fully saturated rings. The van der Waals surface area contributed by atoms with Gasteiger partial charge in [-0.05, 0) is 18.2 Å². The topological polar surface area (TPSA) is 54.7 Å². The molecule has 2 aromatic carbocycles. The number of aromatic amines is 1. The van der Waals surface area contributed by atoms with Crippen LogP contribution in [0.2, 0.25) is 0 Å². The van der Waals surface area contributed by atoms with Crippen molar-refractivity contribution in [3.05, 3.63) is 48.8 Å². The number of para-hydroxylation sites is 1. The molecule has 0 aliphatic heterocycles. The summed E-state index contributed by atoms with van der Waals surface area (Å²) in [6.45, 7) is 0. The fourth-order valence-electron chi connectivity index (χ4n) is 2.95. The second kappa shape index (κ2) is 3.36. The monoisotopic (exact) mass is 259 g/mol. The molecule has 0 spiro atoms. The maximum Gasteiger partial charge on any atom is 0.157 e.